The van der Waals surface area contributed by atoms with Crippen molar-refractivity contribution in [1.29, 1.82) is 0 Å². The first-order chi connectivity index (χ1) is 20.1. The van der Waals surface area contributed by atoms with E-state index < -0.39 is 5.97 Å². The molecule has 41 heavy (non-hydrogen) atoms. The molecule has 2 aliphatic rings. The van der Waals surface area contributed by atoms with Crippen molar-refractivity contribution in [3.8, 4) is 0 Å². The summed E-state index contributed by atoms with van der Waals surface area (Å²) in [6, 6.07) is 9.68. The molecule has 0 aliphatic carbocycles. The third-order valence-corrected chi connectivity index (χ3v) is 7.91. The zero-order chi connectivity index (χ0) is 29.1. The molecule has 3 atom stereocenters. The number of amides is 3. The van der Waals surface area contributed by atoms with Crippen LogP contribution in [0, 0.1) is 0 Å². The standard InChI is InChI=1S/C28H39N5O7S/c29-33-22(11-10-21-6-2-1-3-7-21)27(35)40-19-18-39-17-16-38-15-14-37-13-12-30-25(34)9-5-4-8-24-26-23(20-41-24)31-28(36)32-26/h1-3,6-7,10-11,23-24,26H,4-5,8-9,12-20H2,(H,30,34)(H2,31,32,36)/b11-10+. The SMILES string of the molecule is [N-]=[N+]=C(/C=C/c1ccccc1)C(=O)OCCOCCOCCOCCNC(=O)CCCCC1SCC2NC(=O)NC21. The number of urea groups is 1. The number of nitrogens with zero attached hydrogens (tertiary/aromatic N) is 2. The summed E-state index contributed by atoms with van der Waals surface area (Å²) in [7, 11) is 0. The number of hydrogen-bond donors (Lipinski definition) is 3. The maximum absolute atomic E-state index is 12.0. The van der Waals surface area contributed by atoms with E-state index in [4.69, 9.17) is 24.5 Å². The summed E-state index contributed by atoms with van der Waals surface area (Å²) < 4.78 is 21.3. The summed E-state index contributed by atoms with van der Waals surface area (Å²) in [6.07, 6.45) is 6.29. The van der Waals surface area contributed by atoms with Gasteiger partial charge in [0.1, 0.15) is 6.61 Å². The summed E-state index contributed by atoms with van der Waals surface area (Å²) in [5.41, 5.74) is 9.69. The first-order valence-corrected chi connectivity index (χ1v) is 14.9. The van der Waals surface area contributed by atoms with Gasteiger partial charge >= 0.3 is 17.7 Å². The van der Waals surface area contributed by atoms with Crippen LogP contribution in [0.25, 0.3) is 11.6 Å². The van der Waals surface area contributed by atoms with E-state index >= 15 is 0 Å². The van der Waals surface area contributed by atoms with E-state index in [1.54, 1.807) is 6.08 Å². The average Bonchev–Trinajstić information content (AvgIpc) is 3.53. The molecule has 1 aromatic carbocycles. The Balaban J connectivity index is 1.06. The highest BCUT2D eigenvalue weighted by molar-refractivity contribution is 8.00. The molecule has 0 aromatic heterocycles. The molecule has 12 nitrogen and oxygen atoms in total. The van der Waals surface area contributed by atoms with Crippen molar-refractivity contribution < 1.29 is 38.1 Å². The highest BCUT2D eigenvalue weighted by Crippen LogP contribution is 2.33. The van der Waals surface area contributed by atoms with E-state index in [1.165, 1.54) is 6.08 Å². The van der Waals surface area contributed by atoms with Crippen LogP contribution in [0.2, 0.25) is 0 Å². The second-order valence-corrected chi connectivity index (χ2v) is 10.7. The number of unbranched alkanes of at least 4 members (excludes halogenated alkanes) is 1. The van der Waals surface area contributed by atoms with E-state index in [1.807, 2.05) is 42.1 Å². The molecular formula is C28H39N5O7S. The van der Waals surface area contributed by atoms with Crippen LogP contribution in [0.4, 0.5) is 4.79 Å². The number of hydrogen-bond acceptors (Lipinski definition) is 8. The lowest BCUT2D eigenvalue weighted by molar-refractivity contribution is -0.141. The van der Waals surface area contributed by atoms with E-state index in [-0.39, 0.29) is 42.9 Å². The molecule has 224 valence electrons. The van der Waals surface area contributed by atoms with Crippen molar-refractivity contribution >= 4 is 41.5 Å². The normalized spacial score (nSPS) is 19.3. The molecule has 3 unspecified atom stereocenters. The van der Waals surface area contributed by atoms with Crippen molar-refractivity contribution in [2.45, 2.75) is 43.0 Å². The predicted molar refractivity (Wildman–Crippen MR) is 154 cm³/mol. The molecular weight excluding hydrogens is 550 g/mol. The summed E-state index contributed by atoms with van der Waals surface area (Å²) in [5.74, 6) is 0.220. The first kappa shape index (κ1) is 32.3. The van der Waals surface area contributed by atoms with Crippen LogP contribution in [-0.2, 0) is 28.5 Å². The van der Waals surface area contributed by atoms with Crippen LogP contribution in [0.3, 0.4) is 0 Å². The third-order valence-electron chi connectivity index (χ3n) is 6.40. The number of rotatable bonds is 20. The molecule has 0 spiro atoms. The van der Waals surface area contributed by atoms with Gasteiger partial charge in [0, 0.05) is 30.0 Å². The summed E-state index contributed by atoms with van der Waals surface area (Å²) in [6.45, 7) is 2.55. The highest BCUT2D eigenvalue weighted by Gasteiger charge is 2.42. The average molecular weight is 590 g/mol. The van der Waals surface area contributed by atoms with Gasteiger partial charge in [0.15, 0.2) is 0 Å². The first-order valence-electron chi connectivity index (χ1n) is 13.9. The number of nitrogens with one attached hydrogen (secondary N) is 3. The molecule has 0 bridgehead atoms. The zero-order valence-corrected chi connectivity index (χ0v) is 23.9. The second kappa shape index (κ2) is 19.0. The summed E-state index contributed by atoms with van der Waals surface area (Å²) in [5, 5.41) is 9.21. The van der Waals surface area contributed by atoms with Crippen molar-refractivity contribution in [2.75, 3.05) is 58.5 Å². The number of benzene rings is 1. The Morgan fingerprint density at radius 3 is 2.44 bits per heavy atom. The van der Waals surface area contributed by atoms with Gasteiger partial charge in [-0.25, -0.2) is 9.59 Å². The van der Waals surface area contributed by atoms with E-state index in [2.05, 4.69) is 20.7 Å². The summed E-state index contributed by atoms with van der Waals surface area (Å²) in [4.78, 5) is 38.4. The maximum atomic E-state index is 12.0. The molecule has 0 radical (unpaired) electrons. The Morgan fingerprint density at radius 1 is 1.00 bits per heavy atom. The Bertz CT molecular complexity index is 1050. The molecule has 1 aromatic rings. The number of thioether (sulfide) groups is 1. The molecule has 2 fully saturated rings. The molecule has 2 aliphatic heterocycles. The molecule has 2 heterocycles. The van der Waals surface area contributed by atoms with Gasteiger partial charge < -0.3 is 40.4 Å². The zero-order valence-electron chi connectivity index (χ0n) is 23.1. The van der Waals surface area contributed by atoms with Crippen LogP contribution >= 0.6 is 11.8 Å². The van der Waals surface area contributed by atoms with Gasteiger partial charge in [0.2, 0.25) is 5.91 Å². The smallest absolute Gasteiger partial charge is 0.421 e. The fraction of sp³-hybridized carbons (Fsp3) is 0.571. The quantitative estimate of drug-likeness (QED) is 0.0518. The van der Waals surface area contributed by atoms with Gasteiger partial charge in [0.05, 0.1) is 51.7 Å². The fourth-order valence-corrected chi connectivity index (χ4v) is 5.86. The number of ether oxygens (including phenoxy) is 4. The molecule has 2 saturated heterocycles. The van der Waals surface area contributed by atoms with Crippen LogP contribution in [0.5, 0.6) is 0 Å². The molecule has 0 saturated carbocycles. The fourth-order valence-electron chi connectivity index (χ4n) is 4.32. The van der Waals surface area contributed by atoms with Crippen LogP contribution < -0.4 is 16.0 Å². The number of fused-ring (bicyclic) bond motifs is 1. The minimum atomic E-state index is -0.747. The Kier molecular flexibility index (Phi) is 15.0. The monoisotopic (exact) mass is 589 g/mol. The molecule has 3 amide bonds. The van der Waals surface area contributed by atoms with Gasteiger partial charge in [-0.2, -0.15) is 16.6 Å². The number of esters is 1. The predicted octanol–water partition coefficient (Wildman–Crippen LogP) is 1.81. The number of carbonyl (C=O) groups is 3. The van der Waals surface area contributed by atoms with Crippen LogP contribution in [0.15, 0.2) is 36.4 Å². The van der Waals surface area contributed by atoms with Gasteiger partial charge in [-0.05, 0) is 24.5 Å². The van der Waals surface area contributed by atoms with Crippen molar-refractivity contribution in [3.05, 3.63) is 47.5 Å². The lowest BCUT2D eigenvalue weighted by Crippen LogP contribution is -2.36. The minimum absolute atomic E-state index is 0.0176. The van der Waals surface area contributed by atoms with Crippen molar-refractivity contribution in [2.24, 2.45) is 0 Å². The van der Waals surface area contributed by atoms with E-state index in [0.717, 1.165) is 30.6 Å². The van der Waals surface area contributed by atoms with Crippen molar-refractivity contribution in [3.63, 3.8) is 0 Å². The molecule has 3 rings (SSSR count). The van der Waals surface area contributed by atoms with E-state index in [0.29, 0.717) is 51.2 Å². The van der Waals surface area contributed by atoms with Gasteiger partial charge in [-0.1, -0.05) is 36.8 Å². The van der Waals surface area contributed by atoms with Gasteiger partial charge in [-0.15, -0.1) is 0 Å². The Morgan fingerprint density at radius 2 is 1.71 bits per heavy atom. The van der Waals surface area contributed by atoms with E-state index in [9.17, 15) is 14.4 Å². The van der Waals surface area contributed by atoms with Gasteiger partial charge in [-0.3, -0.25) is 4.79 Å². The lowest BCUT2D eigenvalue weighted by Gasteiger charge is -2.16. The topological polar surface area (TPSA) is 161 Å². The molecule has 13 heteroatoms. The van der Waals surface area contributed by atoms with Crippen molar-refractivity contribution in [1.82, 2.24) is 16.0 Å². The lowest BCUT2D eigenvalue weighted by atomic mass is 10.0. The Labute approximate surface area is 244 Å². The summed E-state index contributed by atoms with van der Waals surface area (Å²) >= 11 is 1.89. The minimum Gasteiger partial charge on any atom is -0.454 e. The largest absolute Gasteiger partial charge is 0.454 e. The van der Waals surface area contributed by atoms with Gasteiger partial charge in [0.25, 0.3) is 0 Å². The maximum Gasteiger partial charge on any atom is 0.421 e. The third kappa shape index (κ3) is 12.4. The Hall–Kier alpha value is -3.22. The van der Waals surface area contributed by atoms with Crippen LogP contribution in [0.1, 0.15) is 31.2 Å². The molecule has 3 N–H and O–H groups in total. The number of carbonyl (C=O) groups excluding carboxylic acids is 3. The van der Waals surface area contributed by atoms with Crippen LogP contribution in [-0.4, -0.2) is 104 Å². The second-order valence-electron chi connectivity index (χ2n) is 9.42. The highest BCUT2D eigenvalue weighted by atomic mass is 32.2.